The number of nitrogens with one attached hydrogen (secondary N) is 1. The summed E-state index contributed by atoms with van der Waals surface area (Å²) in [5.74, 6) is -4.73. The number of hydrogen-bond acceptors (Lipinski definition) is 2. The van der Waals surface area contributed by atoms with E-state index in [9.17, 15) is 31.5 Å². The summed E-state index contributed by atoms with van der Waals surface area (Å²) in [5.41, 5.74) is -0.167. The van der Waals surface area contributed by atoms with Crippen LogP contribution in [0.1, 0.15) is 15.9 Å². The second-order valence-electron chi connectivity index (χ2n) is 4.90. The van der Waals surface area contributed by atoms with Gasteiger partial charge in [0.25, 0.3) is 0 Å². The van der Waals surface area contributed by atoms with E-state index in [-0.39, 0.29) is 11.3 Å². The topological polar surface area (TPSA) is 46.2 Å². The van der Waals surface area contributed by atoms with Crippen molar-refractivity contribution in [2.75, 3.05) is 5.32 Å². The van der Waals surface area contributed by atoms with Gasteiger partial charge in [-0.25, -0.2) is 8.78 Å². The summed E-state index contributed by atoms with van der Waals surface area (Å²) in [4.78, 5) is 22.8. The van der Waals surface area contributed by atoms with Gasteiger partial charge in [-0.3, -0.25) is 9.59 Å². The van der Waals surface area contributed by atoms with Crippen LogP contribution in [0.3, 0.4) is 0 Å². The molecule has 0 saturated heterocycles. The number of ketones is 1. The van der Waals surface area contributed by atoms with Crippen molar-refractivity contribution in [1.29, 1.82) is 0 Å². The van der Waals surface area contributed by atoms with Gasteiger partial charge in [0.15, 0.2) is 5.78 Å². The molecule has 0 spiro atoms. The summed E-state index contributed by atoms with van der Waals surface area (Å²) < 4.78 is 62.9. The molecule has 3 nitrogen and oxygen atoms in total. The van der Waals surface area contributed by atoms with E-state index >= 15 is 0 Å². The minimum absolute atomic E-state index is 0.120. The number of carbonyl (C=O) groups is 2. The summed E-state index contributed by atoms with van der Waals surface area (Å²) in [6.45, 7) is 0. The van der Waals surface area contributed by atoms with Gasteiger partial charge in [0.1, 0.15) is 11.6 Å². The molecule has 0 radical (unpaired) electrons. The number of hydrogen-bond donors (Lipinski definition) is 1. The fraction of sp³-hybridized carbons (Fsp3) is 0.0588. The molecule has 25 heavy (non-hydrogen) atoms. The van der Waals surface area contributed by atoms with Crippen LogP contribution in [-0.2, 0) is 4.79 Å². The molecule has 0 saturated carbocycles. The predicted molar refractivity (Wildman–Crippen MR) is 80.8 cm³/mol. The third-order valence-corrected chi connectivity index (χ3v) is 3.03. The molecule has 0 bridgehead atoms. The summed E-state index contributed by atoms with van der Waals surface area (Å²) in [7, 11) is 0. The van der Waals surface area contributed by atoms with E-state index < -0.39 is 29.5 Å². The minimum atomic E-state index is -5.03. The number of halogens is 5. The Morgan fingerprint density at radius 3 is 2.36 bits per heavy atom. The molecule has 130 valence electrons. The largest absolute Gasteiger partial charge is 0.471 e. The number of anilines is 1. The molecule has 2 aromatic carbocycles. The van der Waals surface area contributed by atoms with Gasteiger partial charge in [0.2, 0.25) is 0 Å². The highest BCUT2D eigenvalue weighted by atomic mass is 19.4. The van der Waals surface area contributed by atoms with Crippen molar-refractivity contribution in [2.24, 2.45) is 0 Å². The van der Waals surface area contributed by atoms with Gasteiger partial charge in [-0.1, -0.05) is 18.2 Å². The lowest BCUT2D eigenvalue weighted by Crippen LogP contribution is -2.29. The Hall–Kier alpha value is -3.03. The van der Waals surface area contributed by atoms with Gasteiger partial charge in [-0.05, 0) is 35.9 Å². The number of amides is 1. The normalized spacial score (nSPS) is 11.6. The third kappa shape index (κ3) is 4.97. The highest BCUT2D eigenvalue weighted by molar-refractivity contribution is 6.07. The van der Waals surface area contributed by atoms with Crippen molar-refractivity contribution in [3.8, 4) is 0 Å². The molecular formula is C17H10F5NO2. The van der Waals surface area contributed by atoms with Crippen LogP contribution in [0.2, 0.25) is 0 Å². The first-order valence-corrected chi connectivity index (χ1v) is 6.82. The summed E-state index contributed by atoms with van der Waals surface area (Å²) in [6.07, 6.45) is -2.81. The highest BCUT2D eigenvalue weighted by Gasteiger charge is 2.38. The molecule has 0 atom stereocenters. The average Bonchev–Trinajstić information content (AvgIpc) is 2.52. The Morgan fingerprint density at radius 2 is 1.72 bits per heavy atom. The first-order chi connectivity index (χ1) is 11.7. The van der Waals surface area contributed by atoms with Crippen molar-refractivity contribution in [3.63, 3.8) is 0 Å². The molecule has 1 amide bonds. The summed E-state index contributed by atoms with van der Waals surface area (Å²) >= 11 is 0. The molecule has 0 fully saturated rings. The van der Waals surface area contributed by atoms with E-state index in [4.69, 9.17) is 0 Å². The molecule has 0 aliphatic carbocycles. The van der Waals surface area contributed by atoms with E-state index in [1.165, 1.54) is 30.3 Å². The number of alkyl halides is 3. The van der Waals surface area contributed by atoms with Gasteiger partial charge >= 0.3 is 12.1 Å². The van der Waals surface area contributed by atoms with Crippen LogP contribution < -0.4 is 5.32 Å². The Bertz CT molecular complexity index is 843. The van der Waals surface area contributed by atoms with Gasteiger partial charge < -0.3 is 5.32 Å². The predicted octanol–water partition coefficient (Wildman–Crippen LogP) is 4.36. The maximum absolute atomic E-state index is 13.5. The SMILES string of the molecule is O=C(/C=C/c1cccc(NC(=O)C(F)(F)F)c1)c1ccc(F)cc1F. The zero-order chi connectivity index (χ0) is 18.6. The van der Waals surface area contributed by atoms with Crippen LogP contribution in [0.5, 0.6) is 0 Å². The maximum atomic E-state index is 13.5. The van der Waals surface area contributed by atoms with Crippen molar-refractivity contribution in [2.45, 2.75) is 6.18 Å². The fourth-order valence-electron chi connectivity index (χ4n) is 1.87. The standard InChI is InChI=1S/C17H10F5NO2/c18-11-5-6-13(14(19)9-11)15(24)7-4-10-2-1-3-12(8-10)23-16(25)17(20,21)22/h1-9H,(H,23,25)/b7-4+. The second kappa shape index (κ2) is 7.25. The van der Waals surface area contributed by atoms with Gasteiger partial charge in [0, 0.05) is 11.8 Å². The fourth-order valence-corrected chi connectivity index (χ4v) is 1.87. The van der Waals surface area contributed by atoms with Gasteiger partial charge in [-0.2, -0.15) is 13.2 Å². The highest BCUT2D eigenvalue weighted by Crippen LogP contribution is 2.19. The van der Waals surface area contributed by atoms with Crippen LogP contribution in [0.15, 0.2) is 48.5 Å². The number of carbonyl (C=O) groups excluding carboxylic acids is 2. The molecule has 1 N–H and O–H groups in total. The van der Waals surface area contributed by atoms with Crippen LogP contribution >= 0.6 is 0 Å². The Morgan fingerprint density at radius 1 is 1.00 bits per heavy atom. The van der Waals surface area contributed by atoms with E-state index in [2.05, 4.69) is 0 Å². The monoisotopic (exact) mass is 355 g/mol. The van der Waals surface area contributed by atoms with E-state index in [0.29, 0.717) is 11.6 Å². The lowest BCUT2D eigenvalue weighted by atomic mass is 10.1. The molecule has 0 unspecified atom stereocenters. The van der Waals surface area contributed by atoms with Crippen molar-refractivity contribution in [3.05, 3.63) is 71.3 Å². The van der Waals surface area contributed by atoms with Crippen LogP contribution in [-0.4, -0.2) is 17.9 Å². The molecule has 2 aromatic rings. The van der Waals surface area contributed by atoms with Gasteiger partial charge in [-0.15, -0.1) is 0 Å². The second-order valence-corrected chi connectivity index (χ2v) is 4.90. The number of benzene rings is 2. The van der Waals surface area contributed by atoms with Crippen molar-refractivity contribution in [1.82, 2.24) is 0 Å². The number of rotatable bonds is 4. The first-order valence-electron chi connectivity index (χ1n) is 6.82. The summed E-state index contributed by atoms with van der Waals surface area (Å²) in [6, 6.07) is 7.75. The van der Waals surface area contributed by atoms with Crippen LogP contribution in [0.25, 0.3) is 6.08 Å². The van der Waals surface area contributed by atoms with E-state index in [1.54, 1.807) is 5.32 Å². The van der Waals surface area contributed by atoms with Crippen LogP contribution in [0.4, 0.5) is 27.6 Å². The molecule has 0 aliphatic heterocycles. The summed E-state index contributed by atoms with van der Waals surface area (Å²) in [5, 5.41) is 1.67. The van der Waals surface area contributed by atoms with Crippen molar-refractivity contribution < 1.29 is 31.5 Å². The number of allylic oxidation sites excluding steroid dienone is 1. The minimum Gasteiger partial charge on any atom is -0.318 e. The molecular weight excluding hydrogens is 345 g/mol. The Balaban J connectivity index is 2.14. The van der Waals surface area contributed by atoms with Crippen LogP contribution in [0, 0.1) is 11.6 Å². The smallest absolute Gasteiger partial charge is 0.318 e. The van der Waals surface area contributed by atoms with Gasteiger partial charge in [0.05, 0.1) is 5.56 Å². The zero-order valence-corrected chi connectivity index (χ0v) is 12.4. The lowest BCUT2D eigenvalue weighted by Gasteiger charge is -2.08. The molecule has 0 aromatic heterocycles. The lowest BCUT2D eigenvalue weighted by molar-refractivity contribution is -0.167. The van der Waals surface area contributed by atoms with E-state index in [0.717, 1.165) is 18.2 Å². The third-order valence-electron chi connectivity index (χ3n) is 3.03. The Labute approximate surface area is 138 Å². The molecule has 2 rings (SSSR count). The zero-order valence-electron chi connectivity index (χ0n) is 12.4. The maximum Gasteiger partial charge on any atom is 0.471 e. The molecule has 0 heterocycles. The average molecular weight is 355 g/mol. The Kier molecular flexibility index (Phi) is 5.31. The quantitative estimate of drug-likeness (QED) is 0.503. The molecule has 8 heteroatoms. The molecule has 0 aliphatic rings. The van der Waals surface area contributed by atoms with E-state index in [1.807, 2.05) is 0 Å². The first kappa shape index (κ1) is 18.3. The van der Waals surface area contributed by atoms with Crippen molar-refractivity contribution >= 4 is 23.5 Å².